The van der Waals surface area contributed by atoms with Crippen LogP contribution >= 0.6 is 7.87 Å². The quantitative estimate of drug-likeness (QED) is 0.385. The summed E-state index contributed by atoms with van der Waals surface area (Å²) in [7, 11) is 7.83. The van der Waals surface area contributed by atoms with Gasteiger partial charge in [-0.2, -0.15) is 0 Å². The highest BCUT2D eigenvalue weighted by atomic mass is 79.9. The van der Waals surface area contributed by atoms with E-state index >= 15 is 0 Å². The van der Waals surface area contributed by atoms with Crippen molar-refractivity contribution >= 4 is 7.87 Å². The van der Waals surface area contributed by atoms with Crippen molar-refractivity contribution in [2.24, 2.45) is 0 Å². The average Bonchev–Trinajstić information content (AvgIpc) is 2.49. The minimum Gasteiger partial charge on any atom is -1.00 e. The van der Waals surface area contributed by atoms with Crippen LogP contribution in [0.1, 0.15) is 27.7 Å². The Hall–Kier alpha value is 0.670. The van der Waals surface area contributed by atoms with Crippen molar-refractivity contribution in [2.75, 3.05) is 55.0 Å². The van der Waals surface area contributed by atoms with E-state index < -0.39 is 13.8 Å². The van der Waals surface area contributed by atoms with Gasteiger partial charge in [0, 0.05) is 61.9 Å². The van der Waals surface area contributed by atoms with E-state index in [1.807, 2.05) is 6.92 Å². The van der Waals surface area contributed by atoms with Gasteiger partial charge in [-0.25, -0.2) is 0 Å². The van der Waals surface area contributed by atoms with E-state index in [0.29, 0.717) is 0 Å². The van der Waals surface area contributed by atoms with Gasteiger partial charge in [0.2, 0.25) is 0 Å². The van der Waals surface area contributed by atoms with Crippen LogP contribution in [0.4, 0.5) is 0 Å². The molecule has 6 nitrogen and oxygen atoms in total. The molecule has 0 aliphatic rings. The first kappa shape index (κ1) is 23.9. The monoisotopic (exact) mass is 388 g/mol. The Morgan fingerprint density at radius 2 is 1.14 bits per heavy atom. The molecule has 0 saturated carbocycles. The molecular formula is C13H34BrN4O2P. The molecule has 21 heavy (non-hydrogen) atoms. The summed E-state index contributed by atoms with van der Waals surface area (Å²) in [5.74, 6) is -0.815. The van der Waals surface area contributed by atoms with E-state index in [1.54, 1.807) is 14.2 Å². The summed E-state index contributed by atoms with van der Waals surface area (Å²) in [6.45, 7) is 11.2. The van der Waals surface area contributed by atoms with Gasteiger partial charge in [-0.3, -0.25) is 0 Å². The lowest BCUT2D eigenvalue weighted by Gasteiger charge is -2.45. The Morgan fingerprint density at radius 1 is 0.857 bits per heavy atom. The molecule has 130 valence electrons. The van der Waals surface area contributed by atoms with Crippen molar-refractivity contribution < 1.29 is 26.5 Å². The molecule has 0 amide bonds. The second kappa shape index (κ2) is 10.4. The van der Waals surface area contributed by atoms with E-state index in [1.165, 1.54) is 0 Å². The molecule has 0 aliphatic carbocycles. The van der Waals surface area contributed by atoms with Crippen LogP contribution in [0.25, 0.3) is 0 Å². The molecule has 0 aromatic carbocycles. The fourth-order valence-corrected chi connectivity index (χ4v) is 6.06. The summed E-state index contributed by atoms with van der Waals surface area (Å²) in [6.07, 6.45) is 0. The number of nitrogens with one attached hydrogen (secondary N) is 1. The van der Waals surface area contributed by atoms with E-state index in [9.17, 15) is 0 Å². The van der Waals surface area contributed by atoms with E-state index in [0.717, 1.165) is 19.6 Å². The summed E-state index contributed by atoms with van der Waals surface area (Å²) in [5, 5.41) is 3.64. The highest BCUT2D eigenvalue weighted by molar-refractivity contribution is 7.67. The lowest BCUT2D eigenvalue weighted by molar-refractivity contribution is -0.202. The molecule has 0 aromatic rings. The molecule has 0 saturated heterocycles. The third kappa shape index (κ3) is 5.36. The van der Waals surface area contributed by atoms with Crippen molar-refractivity contribution in [1.82, 2.24) is 19.1 Å². The zero-order valence-corrected chi connectivity index (χ0v) is 17.6. The van der Waals surface area contributed by atoms with Crippen LogP contribution in [0.5, 0.6) is 0 Å². The highest BCUT2D eigenvalue weighted by Gasteiger charge is 2.56. The summed E-state index contributed by atoms with van der Waals surface area (Å²) < 4.78 is 18.2. The topological polar surface area (TPSA) is 40.2 Å². The number of ether oxygens (including phenoxy) is 2. The van der Waals surface area contributed by atoms with Gasteiger partial charge in [0.1, 0.15) is 0 Å². The van der Waals surface area contributed by atoms with Gasteiger partial charge in [-0.1, -0.05) is 5.09 Å². The SMILES string of the molecule is CCN(C)[P+](NC(C)(OC)OC)(N(C)CC)N(C)CC.[Br-]. The molecule has 8 heteroatoms. The van der Waals surface area contributed by atoms with Gasteiger partial charge in [-0.05, 0) is 20.8 Å². The van der Waals surface area contributed by atoms with Gasteiger partial charge in [0.15, 0.2) is 0 Å². The fraction of sp³-hybridized carbons (Fsp3) is 1.00. The van der Waals surface area contributed by atoms with E-state index in [-0.39, 0.29) is 17.0 Å². The smallest absolute Gasteiger partial charge is 0.310 e. The zero-order chi connectivity index (χ0) is 16.0. The largest absolute Gasteiger partial charge is 1.00 e. The molecule has 0 atom stereocenters. The Bertz CT molecular complexity index is 256. The number of nitrogens with zero attached hydrogens (tertiary/aromatic N) is 3. The molecule has 0 fully saturated rings. The Morgan fingerprint density at radius 3 is 1.33 bits per heavy atom. The van der Waals surface area contributed by atoms with Crippen LogP contribution < -0.4 is 22.1 Å². The van der Waals surface area contributed by atoms with E-state index in [2.05, 4.69) is 61.0 Å². The Labute approximate surface area is 142 Å². The summed E-state index contributed by atoms with van der Waals surface area (Å²) in [5.41, 5.74) is 0. The summed E-state index contributed by atoms with van der Waals surface area (Å²) in [6, 6.07) is 0. The molecule has 0 bridgehead atoms. The lowest BCUT2D eigenvalue weighted by atomic mass is 10.6. The van der Waals surface area contributed by atoms with Gasteiger partial charge < -0.3 is 26.5 Å². The average molecular weight is 389 g/mol. The molecule has 0 spiro atoms. The van der Waals surface area contributed by atoms with Crippen molar-refractivity contribution in [3.8, 4) is 0 Å². The first-order valence-corrected chi connectivity index (χ1v) is 8.86. The predicted molar refractivity (Wildman–Crippen MR) is 87.4 cm³/mol. The maximum atomic E-state index is 5.54. The number of hydrogen-bond acceptors (Lipinski definition) is 6. The van der Waals surface area contributed by atoms with Crippen LogP contribution in [0.3, 0.4) is 0 Å². The van der Waals surface area contributed by atoms with Crippen LogP contribution in [-0.2, 0) is 9.47 Å². The molecule has 0 aromatic heterocycles. The number of methoxy groups -OCH3 is 2. The minimum atomic E-state index is -1.92. The first-order chi connectivity index (χ1) is 9.27. The van der Waals surface area contributed by atoms with E-state index in [4.69, 9.17) is 9.47 Å². The third-order valence-corrected chi connectivity index (χ3v) is 8.34. The van der Waals surface area contributed by atoms with Crippen LogP contribution in [-0.4, -0.2) is 74.9 Å². The van der Waals surface area contributed by atoms with Crippen molar-refractivity contribution in [2.45, 2.75) is 33.6 Å². The molecular weight excluding hydrogens is 355 g/mol. The maximum absolute atomic E-state index is 5.54. The summed E-state index contributed by atoms with van der Waals surface area (Å²) in [4.78, 5) is 0. The Kier molecular flexibility index (Phi) is 11.9. The van der Waals surface area contributed by atoms with Gasteiger partial charge in [0.05, 0.1) is 0 Å². The second-order valence-corrected chi connectivity index (χ2v) is 8.36. The second-order valence-electron chi connectivity index (χ2n) is 4.96. The number of rotatable bonds is 10. The third-order valence-electron chi connectivity index (χ3n) is 3.93. The van der Waals surface area contributed by atoms with Crippen molar-refractivity contribution in [3.05, 3.63) is 0 Å². The van der Waals surface area contributed by atoms with Crippen LogP contribution in [0.2, 0.25) is 0 Å². The lowest BCUT2D eigenvalue weighted by Crippen LogP contribution is -3.00. The normalized spacial score (nSPS) is 13.1. The predicted octanol–water partition coefficient (Wildman–Crippen LogP) is -0.921. The van der Waals surface area contributed by atoms with Crippen molar-refractivity contribution in [1.29, 1.82) is 0 Å². The molecule has 1 N–H and O–H groups in total. The molecule has 0 unspecified atom stereocenters. The van der Waals surface area contributed by atoms with Crippen LogP contribution in [0, 0.1) is 0 Å². The summed E-state index contributed by atoms with van der Waals surface area (Å²) >= 11 is 0. The Balaban J connectivity index is 0. The molecule has 0 heterocycles. The number of halogens is 1. The highest BCUT2D eigenvalue weighted by Crippen LogP contribution is 2.62. The van der Waals surface area contributed by atoms with Gasteiger partial charge in [0.25, 0.3) is 5.91 Å². The van der Waals surface area contributed by atoms with Crippen LogP contribution in [0.15, 0.2) is 0 Å². The first-order valence-electron chi connectivity index (χ1n) is 7.21. The van der Waals surface area contributed by atoms with Crippen molar-refractivity contribution in [3.63, 3.8) is 0 Å². The standard InChI is InChI=1S/C13H34N4O2P.BrH/c1-10-15(5)20(16(6)11-2,17(7)12-3)14-13(4,18-8)19-9;/h14H,10-12H2,1-9H3;1H/q+1;/p-1. The van der Waals surface area contributed by atoms with Gasteiger partial charge >= 0.3 is 7.87 Å². The fourth-order valence-electron chi connectivity index (χ4n) is 2.08. The van der Waals surface area contributed by atoms with Gasteiger partial charge in [-0.15, -0.1) is 14.0 Å². The molecule has 0 aliphatic heterocycles. The zero-order valence-electron chi connectivity index (χ0n) is 15.1. The number of hydrogen-bond donors (Lipinski definition) is 1. The molecule has 0 radical (unpaired) electrons. The maximum Gasteiger partial charge on any atom is 0.310 e. The minimum absolute atomic E-state index is 0. The molecule has 0 rings (SSSR count).